The minimum atomic E-state index is 0.312. The molecule has 0 spiro atoms. The molecule has 2 aromatic rings. The Bertz CT molecular complexity index is 476. The summed E-state index contributed by atoms with van der Waals surface area (Å²) in [6.07, 6.45) is 5.77. The van der Waals surface area contributed by atoms with E-state index < -0.39 is 0 Å². The summed E-state index contributed by atoms with van der Waals surface area (Å²) in [5.74, 6) is 1.11. The van der Waals surface area contributed by atoms with Gasteiger partial charge >= 0.3 is 0 Å². The molecule has 0 saturated heterocycles. The van der Waals surface area contributed by atoms with Gasteiger partial charge in [0, 0.05) is 31.9 Å². The summed E-state index contributed by atoms with van der Waals surface area (Å²) in [6, 6.07) is 0.312. The first-order valence-electron chi connectivity index (χ1n) is 5.64. The Morgan fingerprint density at radius 3 is 2.88 bits per heavy atom. The highest BCUT2D eigenvalue weighted by Crippen LogP contribution is 2.23. The first kappa shape index (κ1) is 12.2. The highest BCUT2D eigenvalue weighted by atomic mass is 32.1. The van der Waals surface area contributed by atoms with Crippen LogP contribution in [0.25, 0.3) is 0 Å². The van der Waals surface area contributed by atoms with Crippen molar-refractivity contribution < 1.29 is 0 Å². The summed E-state index contributed by atoms with van der Waals surface area (Å²) in [5.41, 5.74) is 1.02. The zero-order valence-electron chi connectivity index (χ0n) is 10.3. The van der Waals surface area contributed by atoms with Gasteiger partial charge in [-0.15, -0.1) is 5.10 Å². The fourth-order valence-corrected chi connectivity index (χ4v) is 2.66. The number of nitrogens with one attached hydrogen (secondary N) is 1. The van der Waals surface area contributed by atoms with Crippen molar-refractivity contribution in [2.24, 2.45) is 7.05 Å². The van der Waals surface area contributed by atoms with Gasteiger partial charge in [-0.05, 0) is 31.9 Å². The highest BCUT2D eigenvalue weighted by Gasteiger charge is 2.16. The zero-order chi connectivity index (χ0) is 12.3. The summed E-state index contributed by atoms with van der Waals surface area (Å²) in [4.78, 5) is 5.56. The van der Waals surface area contributed by atoms with Crippen molar-refractivity contribution in [2.45, 2.75) is 25.8 Å². The minimum absolute atomic E-state index is 0.312. The van der Waals surface area contributed by atoms with Crippen LogP contribution < -0.4 is 5.32 Å². The van der Waals surface area contributed by atoms with Crippen molar-refractivity contribution in [1.82, 2.24) is 24.5 Å². The van der Waals surface area contributed by atoms with E-state index in [1.54, 1.807) is 0 Å². The van der Waals surface area contributed by atoms with Crippen molar-refractivity contribution in [3.05, 3.63) is 28.8 Å². The molecular weight excluding hydrogens is 234 g/mol. The van der Waals surface area contributed by atoms with Crippen LogP contribution in [0.5, 0.6) is 0 Å². The van der Waals surface area contributed by atoms with Gasteiger partial charge in [0.25, 0.3) is 0 Å². The van der Waals surface area contributed by atoms with E-state index in [-0.39, 0.29) is 0 Å². The number of hydrogen-bond donors (Lipinski definition) is 1. The highest BCUT2D eigenvalue weighted by molar-refractivity contribution is 7.05. The molecule has 0 radical (unpaired) electrons. The SMILES string of the molecule is CNC(CCc1nccn1C)c1snnc1C. The maximum absolute atomic E-state index is 4.33. The van der Waals surface area contributed by atoms with E-state index in [2.05, 4.69) is 24.5 Å². The lowest BCUT2D eigenvalue weighted by molar-refractivity contribution is 0.540. The van der Waals surface area contributed by atoms with Gasteiger partial charge in [-0.1, -0.05) is 4.49 Å². The quantitative estimate of drug-likeness (QED) is 0.874. The molecule has 1 N–H and O–H groups in total. The van der Waals surface area contributed by atoms with Crippen LogP contribution >= 0.6 is 11.5 Å². The van der Waals surface area contributed by atoms with Gasteiger partial charge in [0.15, 0.2) is 0 Å². The van der Waals surface area contributed by atoms with Crippen molar-refractivity contribution >= 4 is 11.5 Å². The summed E-state index contributed by atoms with van der Waals surface area (Å²) in [5, 5.41) is 7.38. The van der Waals surface area contributed by atoms with Crippen LogP contribution in [-0.2, 0) is 13.5 Å². The average molecular weight is 251 g/mol. The smallest absolute Gasteiger partial charge is 0.108 e. The monoisotopic (exact) mass is 251 g/mol. The molecule has 92 valence electrons. The summed E-state index contributed by atoms with van der Waals surface area (Å²) in [7, 11) is 4.00. The van der Waals surface area contributed by atoms with Gasteiger partial charge < -0.3 is 9.88 Å². The number of aromatic nitrogens is 4. The van der Waals surface area contributed by atoms with Crippen molar-refractivity contribution in [3.63, 3.8) is 0 Å². The summed E-state index contributed by atoms with van der Waals surface area (Å²) < 4.78 is 6.04. The molecule has 0 aliphatic carbocycles. The topological polar surface area (TPSA) is 55.6 Å². The Kier molecular flexibility index (Phi) is 3.86. The second kappa shape index (κ2) is 5.37. The second-order valence-corrected chi connectivity index (χ2v) is 4.84. The first-order valence-corrected chi connectivity index (χ1v) is 6.42. The third-order valence-electron chi connectivity index (χ3n) is 2.93. The van der Waals surface area contributed by atoms with Crippen LogP contribution in [-0.4, -0.2) is 26.2 Å². The number of hydrogen-bond acceptors (Lipinski definition) is 5. The molecule has 17 heavy (non-hydrogen) atoms. The molecule has 0 aliphatic heterocycles. The third kappa shape index (κ3) is 2.70. The Labute approximate surface area is 105 Å². The van der Waals surface area contributed by atoms with Gasteiger partial charge in [0.1, 0.15) is 5.82 Å². The standard InChI is InChI=1S/C11H17N5S/c1-8-11(17-15-14-8)9(12-2)4-5-10-13-6-7-16(10)3/h6-7,9,12H,4-5H2,1-3H3. The molecule has 5 nitrogen and oxygen atoms in total. The molecule has 2 aromatic heterocycles. The van der Waals surface area contributed by atoms with Crippen LogP contribution in [0.4, 0.5) is 0 Å². The maximum atomic E-state index is 4.33. The molecule has 2 heterocycles. The van der Waals surface area contributed by atoms with Crippen molar-refractivity contribution in [2.75, 3.05) is 7.05 Å². The van der Waals surface area contributed by atoms with Crippen LogP contribution in [0.15, 0.2) is 12.4 Å². The van der Waals surface area contributed by atoms with Crippen LogP contribution in [0.2, 0.25) is 0 Å². The average Bonchev–Trinajstić information content (AvgIpc) is 2.90. The minimum Gasteiger partial charge on any atom is -0.338 e. The fourth-order valence-electron chi connectivity index (χ4n) is 1.87. The van der Waals surface area contributed by atoms with Crippen LogP contribution in [0, 0.1) is 6.92 Å². The predicted octanol–water partition coefficient (Wildman–Crippen LogP) is 1.47. The fraction of sp³-hybridized carbons (Fsp3) is 0.545. The van der Waals surface area contributed by atoms with E-state index in [4.69, 9.17) is 0 Å². The predicted molar refractivity (Wildman–Crippen MR) is 68.0 cm³/mol. The van der Waals surface area contributed by atoms with Gasteiger partial charge in [-0.3, -0.25) is 0 Å². The molecule has 6 heteroatoms. The molecule has 0 aromatic carbocycles. The van der Waals surface area contributed by atoms with E-state index in [1.165, 1.54) is 16.4 Å². The van der Waals surface area contributed by atoms with E-state index in [0.29, 0.717) is 6.04 Å². The van der Waals surface area contributed by atoms with Gasteiger partial charge in [0.2, 0.25) is 0 Å². The molecule has 2 rings (SSSR count). The molecule has 1 unspecified atom stereocenters. The lowest BCUT2D eigenvalue weighted by atomic mass is 10.1. The first-order chi connectivity index (χ1) is 8.22. The van der Waals surface area contributed by atoms with Gasteiger partial charge in [-0.25, -0.2) is 4.98 Å². The van der Waals surface area contributed by atoms with Gasteiger partial charge in [-0.2, -0.15) is 0 Å². The van der Waals surface area contributed by atoms with Crippen LogP contribution in [0.3, 0.4) is 0 Å². The molecule has 1 atom stereocenters. The number of aryl methyl sites for hydroxylation is 3. The Morgan fingerprint density at radius 1 is 1.53 bits per heavy atom. The normalized spacial score (nSPS) is 12.9. The zero-order valence-corrected chi connectivity index (χ0v) is 11.2. The lowest BCUT2D eigenvalue weighted by Gasteiger charge is -2.14. The number of rotatable bonds is 5. The molecule has 0 bridgehead atoms. The molecule has 0 aliphatic rings. The number of nitrogens with zero attached hydrogens (tertiary/aromatic N) is 4. The largest absolute Gasteiger partial charge is 0.338 e. The molecule has 0 amide bonds. The van der Waals surface area contributed by atoms with Crippen molar-refractivity contribution in [3.8, 4) is 0 Å². The Balaban J connectivity index is 2.02. The Hall–Kier alpha value is -1.27. The molecule has 0 saturated carbocycles. The lowest BCUT2D eigenvalue weighted by Crippen LogP contribution is -2.17. The third-order valence-corrected chi connectivity index (χ3v) is 3.87. The van der Waals surface area contributed by atoms with E-state index in [1.807, 2.05) is 33.4 Å². The Morgan fingerprint density at radius 2 is 2.35 bits per heavy atom. The second-order valence-electron chi connectivity index (χ2n) is 4.06. The summed E-state index contributed by atoms with van der Waals surface area (Å²) >= 11 is 1.47. The maximum Gasteiger partial charge on any atom is 0.108 e. The van der Waals surface area contributed by atoms with Gasteiger partial charge in [0.05, 0.1) is 10.6 Å². The molecule has 0 fully saturated rings. The van der Waals surface area contributed by atoms with Crippen LogP contribution in [0.1, 0.15) is 28.9 Å². The number of imidazole rings is 1. The molecular formula is C11H17N5S. The summed E-state index contributed by atoms with van der Waals surface area (Å²) in [6.45, 7) is 2.00. The van der Waals surface area contributed by atoms with E-state index in [0.717, 1.165) is 24.4 Å². The van der Waals surface area contributed by atoms with E-state index in [9.17, 15) is 0 Å². The van der Waals surface area contributed by atoms with Crippen molar-refractivity contribution in [1.29, 1.82) is 0 Å². The van der Waals surface area contributed by atoms with E-state index >= 15 is 0 Å².